The molecule has 1 aromatic carbocycles. The third-order valence-electron chi connectivity index (χ3n) is 2.98. The van der Waals surface area contributed by atoms with Crippen molar-refractivity contribution in [1.82, 2.24) is 9.88 Å². The van der Waals surface area contributed by atoms with Crippen molar-refractivity contribution in [2.24, 2.45) is 5.16 Å². The summed E-state index contributed by atoms with van der Waals surface area (Å²) in [5, 5.41) is 12.1. The summed E-state index contributed by atoms with van der Waals surface area (Å²) < 4.78 is 0. The molecule has 1 N–H and O–H groups in total. The van der Waals surface area contributed by atoms with Gasteiger partial charge in [-0.3, -0.25) is 9.88 Å². The lowest BCUT2D eigenvalue weighted by molar-refractivity contribution is 0.278. The number of aromatic nitrogens is 1. The van der Waals surface area contributed by atoms with Crippen molar-refractivity contribution in [3.8, 4) is 0 Å². The van der Waals surface area contributed by atoms with Crippen molar-refractivity contribution in [3.63, 3.8) is 0 Å². The molecule has 0 unspecified atom stereocenters. The van der Waals surface area contributed by atoms with Gasteiger partial charge in [0, 0.05) is 25.8 Å². The average molecular weight is 269 g/mol. The second kappa shape index (κ2) is 7.40. The molecule has 1 aromatic heterocycles. The van der Waals surface area contributed by atoms with Gasteiger partial charge < -0.3 is 5.21 Å². The first-order valence-electron chi connectivity index (χ1n) is 6.61. The molecule has 0 aliphatic rings. The van der Waals surface area contributed by atoms with E-state index in [1.54, 1.807) is 6.20 Å². The zero-order chi connectivity index (χ0) is 14.2. The largest absolute Gasteiger partial charge is 0.411 e. The Kier molecular flexibility index (Phi) is 5.26. The molecule has 20 heavy (non-hydrogen) atoms. The van der Waals surface area contributed by atoms with Crippen LogP contribution in [0.25, 0.3) is 0 Å². The van der Waals surface area contributed by atoms with Gasteiger partial charge in [0.25, 0.3) is 0 Å². The Labute approximate surface area is 119 Å². The molecule has 0 bridgehead atoms. The molecular weight excluding hydrogens is 250 g/mol. The lowest BCUT2D eigenvalue weighted by atomic mass is 10.2. The maximum Gasteiger partial charge on any atom is 0.0680 e. The number of pyridine rings is 1. The number of hydrogen-bond acceptors (Lipinski definition) is 4. The second-order valence-corrected chi connectivity index (χ2v) is 4.79. The van der Waals surface area contributed by atoms with Crippen LogP contribution in [-0.4, -0.2) is 27.3 Å². The van der Waals surface area contributed by atoms with E-state index in [0.717, 1.165) is 18.8 Å². The fourth-order valence-electron chi connectivity index (χ4n) is 2.09. The van der Waals surface area contributed by atoms with Gasteiger partial charge in [-0.15, -0.1) is 0 Å². The molecule has 0 saturated heterocycles. The molecular formula is C16H19N3O. The van der Waals surface area contributed by atoms with Gasteiger partial charge in [0.1, 0.15) is 0 Å². The van der Waals surface area contributed by atoms with Crippen LogP contribution in [0.2, 0.25) is 0 Å². The Hall–Kier alpha value is -2.20. The highest BCUT2D eigenvalue weighted by molar-refractivity contribution is 5.83. The van der Waals surface area contributed by atoms with Crippen molar-refractivity contribution in [2.75, 3.05) is 6.54 Å². The third kappa shape index (κ3) is 4.48. The molecule has 4 nitrogen and oxygen atoms in total. The molecule has 2 rings (SSSR count). The molecule has 0 saturated carbocycles. The fraction of sp³-hybridized carbons (Fsp3) is 0.250. The van der Waals surface area contributed by atoms with Gasteiger partial charge in [0.2, 0.25) is 0 Å². The van der Waals surface area contributed by atoms with Gasteiger partial charge in [-0.25, -0.2) is 0 Å². The molecule has 2 aromatic rings. The summed E-state index contributed by atoms with van der Waals surface area (Å²) in [5.74, 6) is 0. The van der Waals surface area contributed by atoms with E-state index in [1.165, 1.54) is 5.56 Å². The zero-order valence-corrected chi connectivity index (χ0v) is 11.6. The number of rotatable bonds is 6. The van der Waals surface area contributed by atoms with E-state index in [1.807, 2.05) is 43.3 Å². The highest BCUT2D eigenvalue weighted by atomic mass is 16.4. The Morgan fingerprint density at radius 1 is 1.10 bits per heavy atom. The molecule has 0 fully saturated rings. The summed E-state index contributed by atoms with van der Waals surface area (Å²) >= 11 is 0. The second-order valence-electron chi connectivity index (χ2n) is 4.79. The van der Waals surface area contributed by atoms with Gasteiger partial charge in [-0.1, -0.05) is 41.6 Å². The van der Waals surface area contributed by atoms with Gasteiger partial charge in [0.05, 0.1) is 11.4 Å². The van der Waals surface area contributed by atoms with Gasteiger partial charge in [-0.05, 0) is 24.6 Å². The summed E-state index contributed by atoms with van der Waals surface area (Å²) in [7, 11) is 0. The van der Waals surface area contributed by atoms with E-state index in [9.17, 15) is 0 Å². The van der Waals surface area contributed by atoms with Crippen LogP contribution in [0.3, 0.4) is 0 Å². The van der Waals surface area contributed by atoms with E-state index in [-0.39, 0.29) is 0 Å². The van der Waals surface area contributed by atoms with Crippen molar-refractivity contribution in [2.45, 2.75) is 20.0 Å². The van der Waals surface area contributed by atoms with Crippen LogP contribution in [0.4, 0.5) is 0 Å². The molecule has 104 valence electrons. The summed E-state index contributed by atoms with van der Waals surface area (Å²) in [4.78, 5) is 6.55. The summed E-state index contributed by atoms with van der Waals surface area (Å²) in [5.41, 5.74) is 2.93. The quantitative estimate of drug-likeness (QED) is 0.498. The number of hydrogen-bond donors (Lipinski definition) is 1. The lowest BCUT2D eigenvalue weighted by Crippen LogP contribution is -2.28. The van der Waals surface area contributed by atoms with Crippen molar-refractivity contribution in [3.05, 3.63) is 66.0 Å². The first kappa shape index (κ1) is 14.2. The topological polar surface area (TPSA) is 48.7 Å². The van der Waals surface area contributed by atoms with Gasteiger partial charge >= 0.3 is 0 Å². The van der Waals surface area contributed by atoms with E-state index in [0.29, 0.717) is 12.3 Å². The minimum atomic E-state index is 0.613. The first-order chi connectivity index (χ1) is 9.78. The molecule has 0 atom stereocenters. The van der Waals surface area contributed by atoms with Crippen molar-refractivity contribution < 1.29 is 5.21 Å². The number of benzene rings is 1. The minimum absolute atomic E-state index is 0.613. The summed E-state index contributed by atoms with van der Waals surface area (Å²) in [6.45, 7) is 3.95. The minimum Gasteiger partial charge on any atom is -0.411 e. The predicted molar refractivity (Wildman–Crippen MR) is 79.7 cm³/mol. The van der Waals surface area contributed by atoms with Crippen LogP contribution in [-0.2, 0) is 13.1 Å². The predicted octanol–water partition coefficient (Wildman–Crippen LogP) is 2.93. The van der Waals surface area contributed by atoms with Crippen LogP contribution >= 0.6 is 0 Å². The summed E-state index contributed by atoms with van der Waals surface area (Å²) in [6.07, 6.45) is 1.79. The Balaban J connectivity index is 2.08. The van der Waals surface area contributed by atoms with E-state index in [2.05, 4.69) is 27.2 Å². The monoisotopic (exact) mass is 269 g/mol. The highest BCUT2D eigenvalue weighted by Crippen LogP contribution is 2.08. The van der Waals surface area contributed by atoms with Crippen LogP contribution in [0, 0.1) is 0 Å². The lowest BCUT2D eigenvalue weighted by Gasteiger charge is -2.21. The van der Waals surface area contributed by atoms with Crippen LogP contribution in [0.1, 0.15) is 18.2 Å². The Morgan fingerprint density at radius 2 is 1.85 bits per heavy atom. The van der Waals surface area contributed by atoms with Gasteiger partial charge in [-0.2, -0.15) is 0 Å². The maximum atomic E-state index is 8.86. The van der Waals surface area contributed by atoms with Crippen LogP contribution in [0.5, 0.6) is 0 Å². The molecule has 4 heteroatoms. The molecule has 0 radical (unpaired) electrons. The first-order valence-corrected chi connectivity index (χ1v) is 6.61. The van der Waals surface area contributed by atoms with Gasteiger partial charge in [0.15, 0.2) is 0 Å². The molecule has 0 aliphatic heterocycles. The Morgan fingerprint density at radius 3 is 2.50 bits per heavy atom. The molecule has 1 heterocycles. The third-order valence-corrected chi connectivity index (χ3v) is 2.98. The molecule has 0 amide bonds. The van der Waals surface area contributed by atoms with E-state index >= 15 is 0 Å². The van der Waals surface area contributed by atoms with Crippen molar-refractivity contribution in [1.29, 1.82) is 0 Å². The smallest absolute Gasteiger partial charge is 0.0680 e. The zero-order valence-electron chi connectivity index (χ0n) is 11.6. The average Bonchev–Trinajstić information content (AvgIpc) is 2.49. The Bertz CT molecular complexity index is 499. The van der Waals surface area contributed by atoms with Crippen LogP contribution in [0.15, 0.2) is 59.9 Å². The molecule has 0 spiro atoms. The fourth-order valence-corrected chi connectivity index (χ4v) is 2.09. The van der Waals surface area contributed by atoms with E-state index in [4.69, 9.17) is 5.21 Å². The SMILES string of the molecule is C/C(CN(Cc1ccccc1)Cc1ccccn1)=N\O. The highest BCUT2D eigenvalue weighted by Gasteiger charge is 2.09. The van der Waals surface area contributed by atoms with E-state index < -0.39 is 0 Å². The molecule has 0 aliphatic carbocycles. The number of nitrogens with zero attached hydrogens (tertiary/aromatic N) is 3. The normalized spacial score (nSPS) is 11.8. The standard InChI is InChI=1S/C16H19N3O/c1-14(18-20)11-19(12-15-7-3-2-4-8-15)13-16-9-5-6-10-17-16/h2-10,20H,11-13H2,1H3/b18-14+. The summed E-state index contributed by atoms with van der Waals surface area (Å²) in [6, 6.07) is 16.1. The number of oxime groups is 1. The maximum absolute atomic E-state index is 8.86. The van der Waals surface area contributed by atoms with Crippen LogP contribution < -0.4 is 0 Å². The van der Waals surface area contributed by atoms with Crippen molar-refractivity contribution >= 4 is 5.71 Å².